The number of hydrogen-bond donors (Lipinski definition) is 0. The second-order valence-corrected chi connectivity index (χ2v) is 8.36. The number of ether oxygens (including phenoxy) is 1. The maximum absolute atomic E-state index is 13.9. The molecule has 36 heavy (non-hydrogen) atoms. The van der Waals surface area contributed by atoms with Crippen molar-refractivity contribution in [1.82, 2.24) is 0 Å². The second-order valence-electron chi connectivity index (χ2n) is 8.36. The number of amides is 1. The Hall–Kier alpha value is -4.14. The van der Waals surface area contributed by atoms with Crippen LogP contribution in [0, 0.1) is 5.82 Å². The molecule has 0 aliphatic carbocycles. The number of halogens is 4. The molecule has 5 nitrogen and oxygen atoms in total. The third kappa shape index (κ3) is 4.00. The monoisotopic (exact) mass is 497 g/mol. The average molecular weight is 497 g/mol. The Balaban J connectivity index is 1.72. The first-order valence-electron chi connectivity index (χ1n) is 11.2. The van der Waals surface area contributed by atoms with E-state index in [1.165, 1.54) is 18.2 Å². The Morgan fingerprint density at radius 2 is 1.75 bits per heavy atom. The molecule has 1 aliphatic heterocycles. The van der Waals surface area contributed by atoms with E-state index in [-0.39, 0.29) is 28.0 Å². The maximum atomic E-state index is 13.9. The van der Waals surface area contributed by atoms with Crippen LogP contribution < -0.4 is 15.1 Å². The van der Waals surface area contributed by atoms with E-state index in [4.69, 9.17) is 9.15 Å². The normalized spacial score (nSPS) is 15.4. The van der Waals surface area contributed by atoms with Crippen molar-refractivity contribution >= 4 is 22.6 Å². The molecule has 1 atom stereocenters. The minimum Gasteiger partial charge on any atom is -0.494 e. The molecule has 0 N–H and O–H groups in total. The Kier molecular flexibility index (Phi) is 5.78. The van der Waals surface area contributed by atoms with Crippen molar-refractivity contribution in [2.24, 2.45) is 0 Å². The van der Waals surface area contributed by atoms with Gasteiger partial charge in [-0.05, 0) is 60.5 Å². The number of carbonyl (C=O) groups excluding carboxylic acids is 1. The van der Waals surface area contributed by atoms with E-state index in [9.17, 15) is 27.2 Å². The summed E-state index contributed by atoms with van der Waals surface area (Å²) >= 11 is 0. The Morgan fingerprint density at radius 3 is 2.44 bits per heavy atom. The molecule has 184 valence electrons. The van der Waals surface area contributed by atoms with Crippen molar-refractivity contribution in [3.05, 3.63) is 105 Å². The van der Waals surface area contributed by atoms with Gasteiger partial charge in [-0.15, -0.1) is 0 Å². The third-order valence-corrected chi connectivity index (χ3v) is 5.95. The highest BCUT2D eigenvalue weighted by atomic mass is 19.4. The summed E-state index contributed by atoms with van der Waals surface area (Å²) in [5, 5.41) is -0.0691. The minimum atomic E-state index is -4.64. The van der Waals surface area contributed by atoms with Gasteiger partial charge in [-0.25, -0.2) is 4.39 Å². The van der Waals surface area contributed by atoms with Crippen LogP contribution in [0.4, 0.5) is 23.2 Å². The lowest BCUT2D eigenvalue weighted by Gasteiger charge is -2.26. The highest BCUT2D eigenvalue weighted by molar-refractivity contribution is 6.10. The number of rotatable bonds is 5. The number of hydrogen-bond acceptors (Lipinski definition) is 4. The average Bonchev–Trinajstić information content (AvgIpc) is 3.15. The summed E-state index contributed by atoms with van der Waals surface area (Å²) in [6, 6.07) is 13.1. The van der Waals surface area contributed by atoms with Crippen molar-refractivity contribution in [2.75, 3.05) is 11.5 Å². The molecule has 9 heteroatoms. The van der Waals surface area contributed by atoms with Gasteiger partial charge in [-0.2, -0.15) is 13.2 Å². The first kappa shape index (κ1) is 23.6. The molecule has 4 aromatic rings. The van der Waals surface area contributed by atoms with Crippen LogP contribution in [0.15, 0.2) is 75.9 Å². The standard InChI is InChI=1S/C27H19F4NO4/c1-2-12-35-19-9-6-15(7-10-19)23-22-24(33)20-14-17(28)8-11-21(20)36-25(22)26(34)32(23)18-5-3-4-16(13-18)27(29,30)31/h3-11,13-14,23H,2,12H2,1H3. The van der Waals surface area contributed by atoms with Crippen LogP contribution in [0.5, 0.6) is 5.75 Å². The predicted molar refractivity (Wildman–Crippen MR) is 125 cm³/mol. The van der Waals surface area contributed by atoms with Gasteiger partial charge in [0.1, 0.15) is 17.1 Å². The van der Waals surface area contributed by atoms with Gasteiger partial charge in [0.05, 0.1) is 29.2 Å². The summed E-state index contributed by atoms with van der Waals surface area (Å²) in [5.74, 6) is -1.18. The zero-order valence-corrected chi connectivity index (χ0v) is 18.9. The SMILES string of the molecule is CCCOc1ccc(C2c3c(oc4ccc(F)cc4c3=O)C(=O)N2c2cccc(C(F)(F)F)c2)cc1. The summed E-state index contributed by atoms with van der Waals surface area (Å²) in [6.07, 6.45) is -3.85. The Bertz CT molecular complexity index is 1530. The van der Waals surface area contributed by atoms with Crippen molar-refractivity contribution < 1.29 is 31.5 Å². The summed E-state index contributed by atoms with van der Waals surface area (Å²) in [5.41, 5.74) is -1.26. The fourth-order valence-electron chi connectivity index (χ4n) is 4.33. The quantitative estimate of drug-likeness (QED) is 0.296. The van der Waals surface area contributed by atoms with Crippen LogP contribution in [0.3, 0.4) is 0 Å². The summed E-state index contributed by atoms with van der Waals surface area (Å²) in [6.45, 7) is 2.44. The molecule has 3 aromatic carbocycles. The van der Waals surface area contributed by atoms with Crippen LogP contribution >= 0.6 is 0 Å². The lowest BCUT2D eigenvalue weighted by atomic mass is 9.98. The molecule has 0 bridgehead atoms. The Morgan fingerprint density at radius 1 is 1.00 bits per heavy atom. The molecule has 0 saturated carbocycles. The number of carbonyl (C=O) groups is 1. The number of alkyl halides is 3. The van der Waals surface area contributed by atoms with Crippen molar-refractivity contribution in [3.63, 3.8) is 0 Å². The van der Waals surface area contributed by atoms with Gasteiger partial charge in [0.2, 0.25) is 5.76 Å². The van der Waals surface area contributed by atoms with E-state index in [0.717, 1.165) is 35.6 Å². The van der Waals surface area contributed by atoms with Gasteiger partial charge in [-0.1, -0.05) is 25.1 Å². The lowest BCUT2D eigenvalue weighted by Crippen LogP contribution is -2.29. The third-order valence-electron chi connectivity index (χ3n) is 5.95. The van der Waals surface area contributed by atoms with Crippen molar-refractivity contribution in [1.29, 1.82) is 0 Å². The second kappa shape index (κ2) is 8.82. The molecule has 1 amide bonds. The zero-order chi connectivity index (χ0) is 25.6. The van der Waals surface area contributed by atoms with Crippen LogP contribution in [-0.2, 0) is 6.18 Å². The maximum Gasteiger partial charge on any atom is 0.416 e. The van der Waals surface area contributed by atoms with Crippen LogP contribution in [0.1, 0.15) is 46.6 Å². The highest BCUT2D eigenvalue weighted by Crippen LogP contribution is 2.43. The molecular formula is C27H19F4NO4. The van der Waals surface area contributed by atoms with Gasteiger partial charge in [0.15, 0.2) is 5.43 Å². The molecule has 0 radical (unpaired) electrons. The smallest absolute Gasteiger partial charge is 0.416 e. The molecule has 2 heterocycles. The predicted octanol–water partition coefficient (Wildman–Crippen LogP) is 6.49. The number of benzene rings is 3. The van der Waals surface area contributed by atoms with E-state index in [1.54, 1.807) is 24.3 Å². The first-order valence-corrected chi connectivity index (χ1v) is 11.2. The van der Waals surface area contributed by atoms with Crippen molar-refractivity contribution in [3.8, 4) is 5.75 Å². The summed E-state index contributed by atoms with van der Waals surface area (Å²) < 4.78 is 65.6. The number of fused-ring (bicyclic) bond motifs is 2. The van der Waals surface area contributed by atoms with E-state index in [1.807, 2.05) is 6.92 Å². The Labute approximate surface area is 202 Å². The van der Waals surface area contributed by atoms with Crippen LogP contribution in [0.2, 0.25) is 0 Å². The van der Waals surface area contributed by atoms with Gasteiger partial charge < -0.3 is 9.15 Å². The highest BCUT2D eigenvalue weighted by Gasteiger charge is 2.44. The fourth-order valence-corrected chi connectivity index (χ4v) is 4.33. The fraction of sp³-hybridized carbons (Fsp3) is 0.185. The van der Waals surface area contributed by atoms with Gasteiger partial charge >= 0.3 is 6.18 Å². The molecule has 1 aliphatic rings. The van der Waals surface area contributed by atoms with Crippen LogP contribution in [0.25, 0.3) is 11.0 Å². The van der Waals surface area contributed by atoms with E-state index in [2.05, 4.69) is 0 Å². The first-order chi connectivity index (χ1) is 17.2. The molecule has 1 unspecified atom stereocenters. The van der Waals surface area contributed by atoms with Gasteiger partial charge in [0.25, 0.3) is 5.91 Å². The zero-order valence-electron chi connectivity index (χ0n) is 18.9. The molecule has 0 spiro atoms. The number of nitrogens with zero attached hydrogens (tertiary/aromatic N) is 1. The molecule has 5 rings (SSSR count). The number of anilines is 1. The van der Waals surface area contributed by atoms with Crippen LogP contribution in [-0.4, -0.2) is 12.5 Å². The van der Waals surface area contributed by atoms with E-state index >= 15 is 0 Å². The topological polar surface area (TPSA) is 59.8 Å². The molecular weight excluding hydrogens is 478 g/mol. The summed E-state index contributed by atoms with van der Waals surface area (Å²) in [7, 11) is 0. The van der Waals surface area contributed by atoms with Gasteiger partial charge in [0, 0.05) is 5.69 Å². The van der Waals surface area contributed by atoms with Crippen molar-refractivity contribution in [2.45, 2.75) is 25.6 Å². The molecule has 1 aromatic heterocycles. The lowest BCUT2D eigenvalue weighted by molar-refractivity contribution is -0.137. The van der Waals surface area contributed by atoms with Gasteiger partial charge in [-0.3, -0.25) is 14.5 Å². The van der Waals surface area contributed by atoms with E-state index < -0.39 is 34.9 Å². The van der Waals surface area contributed by atoms with E-state index in [0.29, 0.717) is 17.9 Å². The molecule has 0 saturated heterocycles. The largest absolute Gasteiger partial charge is 0.494 e. The minimum absolute atomic E-state index is 0.00135. The molecule has 0 fully saturated rings. The summed E-state index contributed by atoms with van der Waals surface area (Å²) in [4.78, 5) is 28.1.